The lowest BCUT2D eigenvalue weighted by Crippen LogP contribution is -2.38. The largest absolute Gasteiger partial charge is 0.481 e. The Balaban J connectivity index is 4.25. The van der Waals surface area contributed by atoms with Crippen molar-refractivity contribution in [2.24, 2.45) is 5.92 Å². The van der Waals surface area contributed by atoms with Gasteiger partial charge in [-0.3, -0.25) is 9.59 Å². The number of carboxylic acid groups (broad SMARTS) is 1. The molecule has 19 heavy (non-hydrogen) atoms. The summed E-state index contributed by atoms with van der Waals surface area (Å²) in [6.07, 6.45) is -4.73. The number of rotatable bonds is 8. The van der Waals surface area contributed by atoms with E-state index in [2.05, 4.69) is 4.74 Å². The van der Waals surface area contributed by atoms with E-state index in [1.54, 1.807) is 0 Å². The fourth-order valence-electron chi connectivity index (χ4n) is 1.33. The van der Waals surface area contributed by atoms with Crippen LogP contribution in [0.5, 0.6) is 0 Å². The number of aliphatic carboxylic acids is 1. The van der Waals surface area contributed by atoms with Crippen LogP contribution < -0.4 is 0 Å². The summed E-state index contributed by atoms with van der Waals surface area (Å²) in [5.41, 5.74) is 0. The van der Waals surface area contributed by atoms with E-state index in [4.69, 9.17) is 5.11 Å². The molecule has 0 aromatic rings. The number of carbonyl (C=O) groups excluding carboxylic acids is 1. The monoisotopic (exact) mass is 285 g/mol. The highest BCUT2D eigenvalue weighted by molar-refractivity contribution is 5.78. The van der Waals surface area contributed by atoms with Crippen molar-refractivity contribution in [3.8, 4) is 0 Å². The van der Waals surface area contributed by atoms with Crippen LogP contribution in [0.3, 0.4) is 0 Å². The van der Waals surface area contributed by atoms with Crippen LogP contribution in [0.1, 0.15) is 20.3 Å². The van der Waals surface area contributed by atoms with Gasteiger partial charge in [-0.25, -0.2) is 0 Å². The maximum atomic E-state index is 11.8. The van der Waals surface area contributed by atoms with E-state index in [1.165, 1.54) is 4.90 Å². The SMILES string of the molecule is CC(C)CN(CCC(=O)O)C(=O)COCC(F)(F)F. The van der Waals surface area contributed by atoms with Gasteiger partial charge in [-0.05, 0) is 5.92 Å². The van der Waals surface area contributed by atoms with Crippen molar-refractivity contribution in [2.75, 3.05) is 26.3 Å². The minimum absolute atomic E-state index is 0.0400. The Bertz CT molecular complexity index is 305. The van der Waals surface area contributed by atoms with Gasteiger partial charge in [0.25, 0.3) is 0 Å². The van der Waals surface area contributed by atoms with Crippen molar-refractivity contribution < 1.29 is 32.6 Å². The number of ether oxygens (including phenoxy) is 1. The van der Waals surface area contributed by atoms with E-state index >= 15 is 0 Å². The summed E-state index contributed by atoms with van der Waals surface area (Å²) in [7, 11) is 0. The number of nitrogens with zero attached hydrogens (tertiary/aromatic N) is 1. The smallest absolute Gasteiger partial charge is 0.411 e. The molecule has 0 fully saturated rings. The Morgan fingerprint density at radius 2 is 1.89 bits per heavy atom. The molecular formula is C11H18F3NO4. The van der Waals surface area contributed by atoms with Crippen LogP contribution in [0.2, 0.25) is 0 Å². The van der Waals surface area contributed by atoms with Gasteiger partial charge in [0.05, 0.1) is 6.42 Å². The summed E-state index contributed by atoms with van der Waals surface area (Å²) in [6, 6.07) is 0. The van der Waals surface area contributed by atoms with Crippen molar-refractivity contribution in [3.63, 3.8) is 0 Å². The van der Waals surface area contributed by atoms with Crippen molar-refractivity contribution in [1.82, 2.24) is 4.90 Å². The summed E-state index contributed by atoms with van der Waals surface area (Å²) >= 11 is 0. The van der Waals surface area contributed by atoms with E-state index in [9.17, 15) is 22.8 Å². The average Bonchev–Trinajstić information content (AvgIpc) is 2.21. The van der Waals surface area contributed by atoms with Crippen LogP contribution in [-0.4, -0.2) is 54.4 Å². The molecular weight excluding hydrogens is 267 g/mol. The summed E-state index contributed by atoms with van der Waals surface area (Å²) in [5.74, 6) is -1.63. The van der Waals surface area contributed by atoms with E-state index < -0.39 is 31.3 Å². The number of carbonyl (C=O) groups is 2. The minimum Gasteiger partial charge on any atom is -0.481 e. The molecule has 0 heterocycles. The maximum absolute atomic E-state index is 11.8. The molecule has 1 N–H and O–H groups in total. The molecule has 0 aliphatic rings. The standard InChI is InChI=1S/C11H18F3NO4/c1-8(2)5-15(4-3-10(17)18)9(16)6-19-7-11(12,13)14/h8H,3-7H2,1-2H3,(H,17,18). The van der Waals surface area contributed by atoms with Gasteiger partial charge in [-0.2, -0.15) is 13.2 Å². The molecule has 0 radical (unpaired) electrons. The van der Waals surface area contributed by atoms with E-state index in [-0.39, 0.29) is 25.4 Å². The lowest BCUT2D eigenvalue weighted by molar-refractivity contribution is -0.177. The second-order valence-electron chi connectivity index (χ2n) is 4.49. The van der Waals surface area contributed by atoms with Gasteiger partial charge in [0.1, 0.15) is 13.2 Å². The van der Waals surface area contributed by atoms with Crippen LogP contribution in [0, 0.1) is 5.92 Å². The Kier molecular flexibility index (Phi) is 7.43. The third-order valence-corrected chi connectivity index (χ3v) is 2.03. The zero-order valence-corrected chi connectivity index (χ0v) is 10.9. The molecule has 0 aliphatic heterocycles. The van der Waals surface area contributed by atoms with Gasteiger partial charge >= 0.3 is 12.1 Å². The molecule has 0 saturated carbocycles. The first-order valence-electron chi connectivity index (χ1n) is 5.76. The molecule has 0 aliphatic carbocycles. The van der Waals surface area contributed by atoms with Gasteiger partial charge in [0, 0.05) is 13.1 Å². The summed E-state index contributed by atoms with van der Waals surface area (Å²) in [6.45, 7) is 1.68. The van der Waals surface area contributed by atoms with Crippen LogP contribution in [-0.2, 0) is 14.3 Å². The Morgan fingerprint density at radius 1 is 1.32 bits per heavy atom. The second-order valence-corrected chi connectivity index (χ2v) is 4.49. The summed E-state index contributed by atoms with van der Waals surface area (Å²) < 4.78 is 39.8. The van der Waals surface area contributed by atoms with Crippen molar-refractivity contribution >= 4 is 11.9 Å². The molecule has 5 nitrogen and oxygen atoms in total. The molecule has 0 spiro atoms. The maximum Gasteiger partial charge on any atom is 0.411 e. The normalized spacial score (nSPS) is 11.7. The van der Waals surface area contributed by atoms with Gasteiger partial charge in [-0.1, -0.05) is 13.8 Å². The first-order valence-corrected chi connectivity index (χ1v) is 5.76. The lowest BCUT2D eigenvalue weighted by Gasteiger charge is -2.24. The van der Waals surface area contributed by atoms with Crippen molar-refractivity contribution in [1.29, 1.82) is 0 Å². The number of halogens is 3. The zero-order valence-electron chi connectivity index (χ0n) is 10.9. The van der Waals surface area contributed by atoms with Crippen LogP contribution in [0.4, 0.5) is 13.2 Å². The molecule has 112 valence electrons. The quantitative estimate of drug-likeness (QED) is 0.734. The number of alkyl halides is 3. The molecule has 1 amide bonds. The Labute approximate surface area is 109 Å². The Hall–Kier alpha value is -1.31. The predicted octanol–water partition coefficient (Wildman–Crippen LogP) is 1.52. The van der Waals surface area contributed by atoms with Crippen molar-refractivity contribution in [3.05, 3.63) is 0 Å². The fourth-order valence-corrected chi connectivity index (χ4v) is 1.33. The average molecular weight is 285 g/mol. The molecule has 0 aromatic heterocycles. The van der Waals surface area contributed by atoms with Crippen LogP contribution in [0.25, 0.3) is 0 Å². The van der Waals surface area contributed by atoms with Crippen LogP contribution in [0.15, 0.2) is 0 Å². The van der Waals surface area contributed by atoms with Gasteiger partial charge in [0.15, 0.2) is 0 Å². The third-order valence-electron chi connectivity index (χ3n) is 2.03. The van der Waals surface area contributed by atoms with Gasteiger partial charge < -0.3 is 14.7 Å². The number of carboxylic acids is 1. The van der Waals surface area contributed by atoms with Gasteiger partial charge in [0.2, 0.25) is 5.91 Å². The number of amides is 1. The highest BCUT2D eigenvalue weighted by Crippen LogP contribution is 2.14. The molecule has 0 rings (SSSR count). The molecule has 0 aromatic carbocycles. The second kappa shape index (κ2) is 7.98. The van der Waals surface area contributed by atoms with E-state index in [0.717, 1.165) is 0 Å². The zero-order chi connectivity index (χ0) is 15.1. The van der Waals surface area contributed by atoms with Gasteiger partial charge in [-0.15, -0.1) is 0 Å². The summed E-state index contributed by atoms with van der Waals surface area (Å²) in [5, 5.41) is 8.54. The highest BCUT2D eigenvalue weighted by Gasteiger charge is 2.28. The number of hydrogen-bond donors (Lipinski definition) is 1. The Morgan fingerprint density at radius 3 is 2.32 bits per heavy atom. The fraction of sp³-hybridized carbons (Fsp3) is 0.818. The molecule has 0 atom stereocenters. The molecule has 0 unspecified atom stereocenters. The first-order chi connectivity index (χ1) is 8.61. The van der Waals surface area contributed by atoms with E-state index in [1.807, 2.05) is 13.8 Å². The van der Waals surface area contributed by atoms with E-state index in [0.29, 0.717) is 0 Å². The third kappa shape index (κ3) is 10.3. The van der Waals surface area contributed by atoms with Crippen LogP contribution >= 0.6 is 0 Å². The topological polar surface area (TPSA) is 66.8 Å². The minimum atomic E-state index is -4.48. The molecule has 8 heteroatoms. The summed E-state index contributed by atoms with van der Waals surface area (Å²) in [4.78, 5) is 23.3. The first kappa shape index (κ1) is 17.7. The molecule has 0 saturated heterocycles. The van der Waals surface area contributed by atoms with Crippen molar-refractivity contribution in [2.45, 2.75) is 26.4 Å². The molecule has 0 bridgehead atoms. The highest BCUT2D eigenvalue weighted by atomic mass is 19.4. The lowest BCUT2D eigenvalue weighted by atomic mass is 10.2. The number of hydrogen-bond acceptors (Lipinski definition) is 3. The predicted molar refractivity (Wildman–Crippen MR) is 60.5 cm³/mol.